The van der Waals surface area contributed by atoms with Gasteiger partial charge in [0.15, 0.2) is 5.76 Å². The summed E-state index contributed by atoms with van der Waals surface area (Å²) in [5, 5.41) is 7.01. The quantitative estimate of drug-likeness (QED) is 0.779. The van der Waals surface area contributed by atoms with Crippen molar-refractivity contribution in [3.63, 3.8) is 0 Å². The monoisotopic (exact) mass is 318 g/mol. The van der Waals surface area contributed by atoms with E-state index in [0.717, 1.165) is 17.7 Å². The first kappa shape index (κ1) is 14.7. The highest BCUT2D eigenvalue weighted by molar-refractivity contribution is 5.82. The number of rotatable bonds is 5. The van der Waals surface area contributed by atoms with Crippen LogP contribution in [0.15, 0.2) is 71.3 Å². The fourth-order valence-corrected chi connectivity index (χ4v) is 3.00. The van der Waals surface area contributed by atoms with Crippen LogP contribution in [0.3, 0.4) is 0 Å². The van der Waals surface area contributed by atoms with Gasteiger partial charge in [0, 0.05) is 17.5 Å². The molecule has 1 aliphatic rings. The van der Waals surface area contributed by atoms with E-state index in [0.29, 0.717) is 18.2 Å². The minimum absolute atomic E-state index is 0.0731. The normalized spacial score (nSPS) is 19.0. The van der Waals surface area contributed by atoms with Gasteiger partial charge < -0.3 is 9.84 Å². The summed E-state index contributed by atoms with van der Waals surface area (Å²) in [6.45, 7) is 0.372. The van der Waals surface area contributed by atoms with E-state index in [4.69, 9.17) is 4.52 Å². The summed E-state index contributed by atoms with van der Waals surface area (Å²) in [5.41, 5.74) is 3.03. The number of amides is 1. The van der Waals surface area contributed by atoms with E-state index in [2.05, 4.69) is 22.6 Å². The first-order chi connectivity index (χ1) is 11.8. The Hall–Kier alpha value is -2.88. The molecule has 0 radical (unpaired) electrons. The van der Waals surface area contributed by atoms with Gasteiger partial charge in [0.25, 0.3) is 0 Å². The van der Waals surface area contributed by atoms with Crippen LogP contribution in [-0.4, -0.2) is 11.1 Å². The van der Waals surface area contributed by atoms with Crippen molar-refractivity contribution < 1.29 is 9.32 Å². The molecule has 120 valence electrons. The zero-order valence-electron chi connectivity index (χ0n) is 13.2. The maximum Gasteiger partial charge on any atom is 0.224 e. The molecule has 24 heavy (non-hydrogen) atoms. The third-order valence-corrected chi connectivity index (χ3v) is 4.42. The standard InChI is InChI=1S/C20H18N2O2/c23-20(18-12-17(18)14-7-3-1-4-8-14)21-13-16-11-19(22-24-16)15-9-5-2-6-10-15/h1-11,17-18H,12-13H2,(H,21,23). The van der Waals surface area contributed by atoms with Gasteiger partial charge in [-0.1, -0.05) is 65.8 Å². The Labute approximate surface area is 140 Å². The molecule has 0 spiro atoms. The van der Waals surface area contributed by atoms with Crippen LogP contribution in [0, 0.1) is 5.92 Å². The molecule has 2 atom stereocenters. The summed E-state index contributed by atoms with van der Waals surface area (Å²) >= 11 is 0. The summed E-state index contributed by atoms with van der Waals surface area (Å²) in [4.78, 5) is 12.3. The van der Waals surface area contributed by atoms with E-state index in [-0.39, 0.29) is 11.8 Å². The number of benzene rings is 2. The second-order valence-electron chi connectivity index (χ2n) is 6.12. The van der Waals surface area contributed by atoms with Crippen molar-refractivity contribution in [3.8, 4) is 11.3 Å². The summed E-state index contributed by atoms with van der Waals surface area (Å²) < 4.78 is 5.32. The first-order valence-electron chi connectivity index (χ1n) is 8.15. The van der Waals surface area contributed by atoms with Gasteiger partial charge in [-0.25, -0.2) is 0 Å². The molecule has 0 saturated heterocycles. The zero-order chi connectivity index (χ0) is 16.4. The average Bonchev–Trinajstić information content (AvgIpc) is 3.31. The van der Waals surface area contributed by atoms with Crippen LogP contribution >= 0.6 is 0 Å². The zero-order valence-corrected chi connectivity index (χ0v) is 13.2. The Morgan fingerprint density at radius 1 is 1.08 bits per heavy atom. The van der Waals surface area contributed by atoms with Crippen LogP contribution in [0.4, 0.5) is 0 Å². The topological polar surface area (TPSA) is 55.1 Å². The summed E-state index contributed by atoms with van der Waals surface area (Å²) in [6, 6.07) is 21.9. The van der Waals surface area contributed by atoms with Gasteiger partial charge in [-0.15, -0.1) is 0 Å². The van der Waals surface area contributed by atoms with Crippen molar-refractivity contribution in [1.82, 2.24) is 10.5 Å². The lowest BCUT2D eigenvalue weighted by Gasteiger charge is -2.02. The molecule has 1 saturated carbocycles. The lowest BCUT2D eigenvalue weighted by Crippen LogP contribution is -2.24. The maximum absolute atomic E-state index is 12.3. The third-order valence-electron chi connectivity index (χ3n) is 4.42. The second kappa shape index (κ2) is 6.32. The van der Waals surface area contributed by atoms with Crippen LogP contribution < -0.4 is 5.32 Å². The van der Waals surface area contributed by atoms with Crippen LogP contribution in [0.25, 0.3) is 11.3 Å². The maximum atomic E-state index is 12.3. The van der Waals surface area contributed by atoms with Gasteiger partial charge in [0.1, 0.15) is 5.69 Å². The summed E-state index contributed by atoms with van der Waals surface area (Å²) in [6.07, 6.45) is 0.918. The number of hydrogen-bond donors (Lipinski definition) is 1. The Balaban J connectivity index is 1.33. The largest absolute Gasteiger partial charge is 0.359 e. The fourth-order valence-electron chi connectivity index (χ4n) is 3.00. The Bertz CT molecular complexity index is 827. The second-order valence-corrected chi connectivity index (χ2v) is 6.12. The molecule has 4 rings (SSSR count). The number of nitrogens with zero attached hydrogens (tertiary/aromatic N) is 1. The molecule has 2 unspecified atom stereocenters. The van der Waals surface area contributed by atoms with E-state index in [1.165, 1.54) is 5.56 Å². The number of carbonyl (C=O) groups is 1. The predicted molar refractivity (Wildman–Crippen MR) is 91.1 cm³/mol. The molecule has 1 N–H and O–H groups in total. The van der Waals surface area contributed by atoms with Gasteiger partial charge in [0.05, 0.1) is 6.54 Å². The number of hydrogen-bond acceptors (Lipinski definition) is 3. The molecule has 1 aromatic heterocycles. The molecule has 2 aromatic carbocycles. The lowest BCUT2D eigenvalue weighted by molar-refractivity contribution is -0.122. The lowest BCUT2D eigenvalue weighted by atomic mass is 10.1. The minimum Gasteiger partial charge on any atom is -0.359 e. The third kappa shape index (κ3) is 3.08. The molecule has 1 aliphatic carbocycles. The van der Waals surface area contributed by atoms with E-state index in [1.54, 1.807) is 0 Å². The van der Waals surface area contributed by atoms with E-state index >= 15 is 0 Å². The van der Waals surface area contributed by atoms with E-state index in [1.807, 2.05) is 54.6 Å². The highest BCUT2D eigenvalue weighted by Gasteiger charge is 2.43. The molecule has 1 fully saturated rings. The van der Waals surface area contributed by atoms with Crippen LogP contribution in [0.2, 0.25) is 0 Å². The van der Waals surface area contributed by atoms with Crippen molar-refractivity contribution in [2.45, 2.75) is 18.9 Å². The van der Waals surface area contributed by atoms with Gasteiger partial charge in [-0.05, 0) is 17.9 Å². The fraction of sp³-hybridized carbons (Fsp3) is 0.200. The Morgan fingerprint density at radius 2 is 1.79 bits per heavy atom. The van der Waals surface area contributed by atoms with Crippen molar-refractivity contribution in [2.75, 3.05) is 0 Å². The van der Waals surface area contributed by atoms with Gasteiger partial charge in [-0.3, -0.25) is 4.79 Å². The van der Waals surface area contributed by atoms with Gasteiger partial charge >= 0.3 is 0 Å². The van der Waals surface area contributed by atoms with E-state index in [9.17, 15) is 4.79 Å². The van der Waals surface area contributed by atoms with E-state index < -0.39 is 0 Å². The summed E-state index contributed by atoms with van der Waals surface area (Å²) in [5.74, 6) is 1.17. The average molecular weight is 318 g/mol. The molecule has 1 amide bonds. The molecule has 3 aromatic rings. The smallest absolute Gasteiger partial charge is 0.224 e. The molecule has 0 bridgehead atoms. The van der Waals surface area contributed by atoms with Crippen molar-refractivity contribution >= 4 is 5.91 Å². The predicted octanol–water partition coefficient (Wildman–Crippen LogP) is 3.76. The summed E-state index contributed by atoms with van der Waals surface area (Å²) in [7, 11) is 0. The molecule has 4 nitrogen and oxygen atoms in total. The SMILES string of the molecule is O=C(NCc1cc(-c2ccccc2)no1)C1CC1c1ccccc1. The highest BCUT2D eigenvalue weighted by atomic mass is 16.5. The highest BCUT2D eigenvalue weighted by Crippen LogP contribution is 2.47. The van der Waals surface area contributed by atoms with Crippen molar-refractivity contribution in [3.05, 3.63) is 78.1 Å². The van der Waals surface area contributed by atoms with Gasteiger partial charge in [0.2, 0.25) is 5.91 Å². The molecule has 4 heteroatoms. The van der Waals surface area contributed by atoms with Crippen molar-refractivity contribution in [2.24, 2.45) is 5.92 Å². The molecule has 1 heterocycles. The van der Waals surface area contributed by atoms with Gasteiger partial charge in [-0.2, -0.15) is 0 Å². The molecular formula is C20H18N2O2. The van der Waals surface area contributed by atoms with Crippen LogP contribution in [0.1, 0.15) is 23.7 Å². The Kier molecular flexibility index (Phi) is 3.87. The molecular weight excluding hydrogens is 300 g/mol. The van der Waals surface area contributed by atoms with Crippen molar-refractivity contribution in [1.29, 1.82) is 0 Å². The number of aromatic nitrogens is 1. The first-order valence-corrected chi connectivity index (χ1v) is 8.15. The van der Waals surface area contributed by atoms with Crippen LogP contribution in [-0.2, 0) is 11.3 Å². The minimum atomic E-state index is 0.0731. The number of nitrogens with one attached hydrogen (secondary N) is 1. The Morgan fingerprint density at radius 3 is 2.54 bits per heavy atom. The molecule has 0 aliphatic heterocycles. The number of carbonyl (C=O) groups excluding carboxylic acids is 1. The van der Waals surface area contributed by atoms with Crippen LogP contribution in [0.5, 0.6) is 0 Å².